The van der Waals surface area contributed by atoms with Gasteiger partial charge in [-0.1, -0.05) is 19.9 Å². The minimum atomic E-state index is -0.828. The van der Waals surface area contributed by atoms with E-state index in [-0.39, 0.29) is 11.5 Å². The van der Waals surface area contributed by atoms with Crippen molar-refractivity contribution in [3.05, 3.63) is 59.4 Å². The zero-order valence-electron chi connectivity index (χ0n) is 11.0. The Bertz CT molecular complexity index is 553. The lowest BCUT2D eigenvalue weighted by Crippen LogP contribution is -1.91. The van der Waals surface area contributed by atoms with Gasteiger partial charge < -0.3 is 4.74 Å². The van der Waals surface area contributed by atoms with Gasteiger partial charge in [-0.25, -0.2) is 13.2 Å². The Kier molecular flexibility index (Phi) is 5.42. The van der Waals surface area contributed by atoms with Crippen molar-refractivity contribution >= 4 is 0 Å². The molecule has 0 bridgehead atoms. The van der Waals surface area contributed by atoms with E-state index in [1.54, 1.807) is 6.92 Å². The summed E-state index contributed by atoms with van der Waals surface area (Å²) in [4.78, 5) is 0. The van der Waals surface area contributed by atoms with Crippen molar-refractivity contribution in [2.24, 2.45) is 0 Å². The van der Waals surface area contributed by atoms with Gasteiger partial charge in [-0.15, -0.1) is 0 Å². The highest BCUT2D eigenvalue weighted by atomic mass is 19.1. The number of halogens is 3. The Morgan fingerprint density at radius 2 is 1.53 bits per heavy atom. The summed E-state index contributed by atoms with van der Waals surface area (Å²) in [5.74, 6) is -1.94. The van der Waals surface area contributed by atoms with E-state index >= 15 is 0 Å². The third-order valence-corrected chi connectivity index (χ3v) is 2.27. The fourth-order valence-corrected chi connectivity index (χ4v) is 1.32. The first-order valence-electron chi connectivity index (χ1n) is 5.95. The molecule has 0 atom stereocenters. The lowest BCUT2D eigenvalue weighted by atomic mass is 10.2. The largest absolute Gasteiger partial charge is 0.454 e. The number of aryl methyl sites for hydroxylation is 1. The summed E-state index contributed by atoms with van der Waals surface area (Å²) in [7, 11) is 0. The van der Waals surface area contributed by atoms with Crippen molar-refractivity contribution in [2.45, 2.75) is 20.8 Å². The first-order valence-corrected chi connectivity index (χ1v) is 5.95. The van der Waals surface area contributed by atoms with E-state index in [1.807, 2.05) is 13.8 Å². The molecular formula is C15H15F3O. The van der Waals surface area contributed by atoms with E-state index in [0.717, 1.165) is 18.2 Å². The Labute approximate surface area is 110 Å². The molecule has 0 N–H and O–H groups in total. The zero-order chi connectivity index (χ0) is 14.4. The summed E-state index contributed by atoms with van der Waals surface area (Å²) in [6.45, 7) is 5.61. The van der Waals surface area contributed by atoms with Gasteiger partial charge in [0.1, 0.15) is 17.4 Å². The Balaban J connectivity index is 0.000000861. The summed E-state index contributed by atoms with van der Waals surface area (Å²) < 4.78 is 44.2. The Hall–Kier alpha value is -1.97. The van der Waals surface area contributed by atoms with Crippen molar-refractivity contribution < 1.29 is 17.9 Å². The standard InChI is InChI=1S/C13H9F3O.C2H6/c1-8-2-4-10(7-11(8)15)17-13-5-3-9(14)6-12(13)16;1-2/h2-7H,1H3;1-2H3. The maximum atomic E-state index is 13.3. The third kappa shape index (κ3) is 4.02. The van der Waals surface area contributed by atoms with Gasteiger partial charge in [0.05, 0.1) is 0 Å². The van der Waals surface area contributed by atoms with Gasteiger partial charge in [0.25, 0.3) is 0 Å². The summed E-state index contributed by atoms with van der Waals surface area (Å²) in [6, 6.07) is 7.12. The summed E-state index contributed by atoms with van der Waals surface area (Å²) in [5, 5.41) is 0. The van der Waals surface area contributed by atoms with Gasteiger partial charge in [-0.3, -0.25) is 0 Å². The predicted octanol–water partition coefficient (Wildman–Crippen LogP) is 5.23. The molecule has 2 aromatic rings. The Morgan fingerprint density at radius 1 is 0.842 bits per heavy atom. The van der Waals surface area contributed by atoms with Crippen LogP contribution in [0.4, 0.5) is 13.2 Å². The average molecular weight is 268 g/mol. The summed E-state index contributed by atoms with van der Waals surface area (Å²) in [6.07, 6.45) is 0. The van der Waals surface area contributed by atoms with Crippen molar-refractivity contribution in [1.82, 2.24) is 0 Å². The average Bonchev–Trinajstić information content (AvgIpc) is 2.39. The van der Waals surface area contributed by atoms with Crippen LogP contribution in [0.15, 0.2) is 36.4 Å². The van der Waals surface area contributed by atoms with E-state index in [9.17, 15) is 13.2 Å². The molecule has 0 saturated heterocycles. The molecule has 0 radical (unpaired) electrons. The molecule has 0 heterocycles. The van der Waals surface area contributed by atoms with Crippen LogP contribution in [0, 0.1) is 24.4 Å². The molecule has 102 valence electrons. The topological polar surface area (TPSA) is 9.23 Å². The summed E-state index contributed by atoms with van der Waals surface area (Å²) >= 11 is 0. The third-order valence-electron chi connectivity index (χ3n) is 2.27. The molecule has 0 fully saturated rings. The highest BCUT2D eigenvalue weighted by Gasteiger charge is 2.07. The number of benzene rings is 2. The van der Waals surface area contributed by atoms with Crippen molar-refractivity contribution in [1.29, 1.82) is 0 Å². The van der Waals surface area contributed by atoms with Crippen molar-refractivity contribution in [2.75, 3.05) is 0 Å². The van der Waals surface area contributed by atoms with Gasteiger partial charge in [-0.2, -0.15) is 0 Å². The second-order valence-electron chi connectivity index (χ2n) is 3.59. The highest BCUT2D eigenvalue weighted by Crippen LogP contribution is 2.26. The van der Waals surface area contributed by atoms with Crippen LogP contribution >= 0.6 is 0 Å². The summed E-state index contributed by atoms with van der Waals surface area (Å²) in [5.41, 5.74) is 0.469. The molecule has 0 aliphatic heterocycles. The maximum Gasteiger partial charge on any atom is 0.168 e. The van der Waals surface area contributed by atoms with Crippen molar-refractivity contribution in [3.63, 3.8) is 0 Å². The highest BCUT2D eigenvalue weighted by molar-refractivity contribution is 5.34. The molecule has 0 spiro atoms. The normalized spacial score (nSPS) is 9.58. The van der Waals surface area contributed by atoms with Crippen LogP contribution in [-0.4, -0.2) is 0 Å². The van der Waals surface area contributed by atoms with E-state index in [0.29, 0.717) is 11.6 Å². The van der Waals surface area contributed by atoms with Crippen LogP contribution in [0.3, 0.4) is 0 Å². The van der Waals surface area contributed by atoms with Crippen LogP contribution < -0.4 is 4.74 Å². The fourth-order valence-electron chi connectivity index (χ4n) is 1.32. The number of rotatable bonds is 2. The molecule has 0 unspecified atom stereocenters. The van der Waals surface area contributed by atoms with Gasteiger partial charge in [0.15, 0.2) is 11.6 Å². The molecule has 19 heavy (non-hydrogen) atoms. The Morgan fingerprint density at radius 3 is 2.11 bits per heavy atom. The second-order valence-corrected chi connectivity index (χ2v) is 3.59. The van der Waals surface area contributed by atoms with Gasteiger partial charge in [-0.05, 0) is 30.7 Å². The molecule has 0 saturated carbocycles. The minimum absolute atomic E-state index is 0.144. The predicted molar refractivity (Wildman–Crippen MR) is 68.9 cm³/mol. The first-order chi connectivity index (χ1) is 9.06. The molecule has 2 rings (SSSR count). The maximum absolute atomic E-state index is 13.3. The molecule has 1 nitrogen and oxygen atoms in total. The lowest BCUT2D eigenvalue weighted by molar-refractivity contribution is 0.434. The molecule has 0 aromatic heterocycles. The first kappa shape index (κ1) is 15.1. The molecule has 4 heteroatoms. The van der Waals surface area contributed by atoms with Gasteiger partial charge in [0.2, 0.25) is 0 Å². The van der Waals surface area contributed by atoms with Crippen molar-refractivity contribution in [3.8, 4) is 11.5 Å². The van der Waals surface area contributed by atoms with Gasteiger partial charge >= 0.3 is 0 Å². The molecule has 2 aromatic carbocycles. The van der Waals surface area contributed by atoms with E-state index in [1.165, 1.54) is 12.1 Å². The van der Waals surface area contributed by atoms with Crippen LogP contribution in [0.5, 0.6) is 11.5 Å². The number of ether oxygens (including phenoxy) is 1. The molecule has 0 amide bonds. The zero-order valence-corrected chi connectivity index (χ0v) is 11.0. The quantitative estimate of drug-likeness (QED) is 0.724. The molecule has 0 aliphatic rings. The SMILES string of the molecule is CC.Cc1ccc(Oc2ccc(F)cc2F)cc1F. The van der Waals surface area contributed by atoms with Crippen LogP contribution in [0.25, 0.3) is 0 Å². The molecule has 0 aliphatic carbocycles. The number of hydrogen-bond donors (Lipinski definition) is 0. The van der Waals surface area contributed by atoms with Gasteiger partial charge in [0, 0.05) is 12.1 Å². The smallest absolute Gasteiger partial charge is 0.168 e. The van der Waals surface area contributed by atoms with Crippen LogP contribution in [-0.2, 0) is 0 Å². The second kappa shape index (κ2) is 6.83. The van der Waals surface area contributed by atoms with E-state index in [2.05, 4.69) is 0 Å². The fraction of sp³-hybridized carbons (Fsp3) is 0.200. The molecular weight excluding hydrogens is 253 g/mol. The van der Waals surface area contributed by atoms with Crippen LogP contribution in [0.2, 0.25) is 0 Å². The van der Waals surface area contributed by atoms with Crippen LogP contribution in [0.1, 0.15) is 19.4 Å². The monoisotopic (exact) mass is 268 g/mol. The lowest BCUT2D eigenvalue weighted by Gasteiger charge is -2.07. The number of hydrogen-bond acceptors (Lipinski definition) is 1. The van der Waals surface area contributed by atoms with E-state index in [4.69, 9.17) is 4.74 Å². The minimum Gasteiger partial charge on any atom is -0.454 e. The van der Waals surface area contributed by atoms with E-state index < -0.39 is 17.5 Å².